The summed E-state index contributed by atoms with van der Waals surface area (Å²) < 4.78 is 1.85. The van der Waals surface area contributed by atoms with Crippen LogP contribution in [0.2, 0.25) is 0 Å². The third kappa shape index (κ3) is 5.21. The largest absolute Gasteiger partial charge is 0.332 e. The van der Waals surface area contributed by atoms with Crippen LogP contribution >= 0.6 is 11.8 Å². The Morgan fingerprint density at radius 3 is 2.56 bits per heavy atom. The van der Waals surface area contributed by atoms with E-state index in [9.17, 15) is 9.59 Å². The fourth-order valence-corrected chi connectivity index (χ4v) is 3.03. The number of carbonyl (C=O) groups is 2. The van der Waals surface area contributed by atoms with E-state index >= 15 is 0 Å². The first-order valence-electron chi connectivity index (χ1n) is 8.37. The predicted molar refractivity (Wildman–Crippen MR) is 108 cm³/mol. The molecule has 0 radical (unpaired) electrons. The molecule has 3 rings (SSSR count). The van der Waals surface area contributed by atoms with Gasteiger partial charge in [-0.2, -0.15) is 0 Å². The molecule has 7 heteroatoms. The third-order valence-corrected chi connectivity index (χ3v) is 4.56. The van der Waals surface area contributed by atoms with E-state index in [-0.39, 0.29) is 11.8 Å². The first-order chi connectivity index (χ1) is 13.0. The first-order valence-corrected chi connectivity index (χ1v) is 9.59. The molecule has 1 heterocycles. The highest BCUT2D eigenvalue weighted by atomic mass is 32.2. The lowest BCUT2D eigenvalue weighted by Gasteiger charge is -2.06. The van der Waals surface area contributed by atoms with Crippen molar-refractivity contribution in [1.82, 2.24) is 9.55 Å². The Bertz CT molecular complexity index is 951. The molecule has 6 nitrogen and oxygen atoms in total. The van der Waals surface area contributed by atoms with Crippen LogP contribution in [0.15, 0.2) is 66.0 Å². The average molecular weight is 380 g/mol. The van der Waals surface area contributed by atoms with Crippen LogP contribution in [0, 0.1) is 0 Å². The highest BCUT2D eigenvalue weighted by Gasteiger charge is 2.10. The van der Waals surface area contributed by atoms with E-state index in [4.69, 9.17) is 0 Å². The molecule has 0 spiro atoms. The quantitative estimate of drug-likeness (QED) is 0.637. The van der Waals surface area contributed by atoms with Crippen LogP contribution in [0.4, 0.5) is 11.4 Å². The Morgan fingerprint density at radius 2 is 1.85 bits per heavy atom. The lowest BCUT2D eigenvalue weighted by atomic mass is 10.2. The maximum atomic E-state index is 12.4. The first kappa shape index (κ1) is 18.7. The van der Waals surface area contributed by atoms with Crippen molar-refractivity contribution in [2.45, 2.75) is 18.4 Å². The zero-order chi connectivity index (χ0) is 19.2. The molecule has 2 amide bonds. The predicted octanol–water partition coefficient (Wildman–Crippen LogP) is 3.86. The van der Waals surface area contributed by atoms with Gasteiger partial charge in [0.05, 0.1) is 6.33 Å². The van der Waals surface area contributed by atoms with Crippen LogP contribution < -0.4 is 10.6 Å². The second-order valence-electron chi connectivity index (χ2n) is 6.00. The molecule has 138 valence electrons. The number of hydrogen-bond acceptors (Lipinski definition) is 4. The molecule has 2 N–H and O–H groups in total. The number of thioether (sulfide) groups is 1. The summed E-state index contributed by atoms with van der Waals surface area (Å²) in [6.45, 7) is 2.06. The summed E-state index contributed by atoms with van der Waals surface area (Å²) in [6, 6.07) is 15.2. The normalized spacial score (nSPS) is 10.4. The zero-order valence-electron chi connectivity index (χ0n) is 15.1. The van der Waals surface area contributed by atoms with E-state index in [2.05, 4.69) is 15.6 Å². The summed E-state index contributed by atoms with van der Waals surface area (Å²) in [6.07, 6.45) is 5.34. The molecule has 3 aromatic rings. The molecule has 0 aliphatic heterocycles. The van der Waals surface area contributed by atoms with Crippen molar-refractivity contribution in [3.8, 4) is 0 Å². The fraction of sp³-hybridized carbons (Fsp3) is 0.150. The minimum atomic E-state index is -0.243. The summed E-state index contributed by atoms with van der Waals surface area (Å²) in [4.78, 5) is 28.7. The highest BCUT2D eigenvalue weighted by molar-refractivity contribution is 7.98. The fourth-order valence-electron chi connectivity index (χ4n) is 2.57. The molecule has 0 atom stereocenters. The van der Waals surface area contributed by atoms with E-state index in [0.29, 0.717) is 12.2 Å². The van der Waals surface area contributed by atoms with Gasteiger partial charge in [0.15, 0.2) is 0 Å². The molecule has 0 unspecified atom stereocenters. The standard InChI is InChI=1S/C20H20N4O2S/c1-14(25)22-16-8-6-15(7-9-16)11-24-12-19(21-13-24)20(26)23-17-4-3-5-18(10-17)27-2/h3-10,12-13H,11H2,1-2H3,(H,22,25)(H,23,26). The molecule has 0 saturated heterocycles. The van der Waals surface area contributed by atoms with Crippen molar-refractivity contribution in [2.75, 3.05) is 16.9 Å². The van der Waals surface area contributed by atoms with Gasteiger partial charge in [-0.25, -0.2) is 4.98 Å². The zero-order valence-corrected chi connectivity index (χ0v) is 15.9. The van der Waals surface area contributed by atoms with E-state index in [0.717, 1.165) is 21.8 Å². The van der Waals surface area contributed by atoms with Crippen molar-refractivity contribution in [3.63, 3.8) is 0 Å². The number of anilines is 2. The molecule has 0 aliphatic carbocycles. The van der Waals surface area contributed by atoms with Gasteiger partial charge in [-0.1, -0.05) is 18.2 Å². The number of amides is 2. The summed E-state index contributed by atoms with van der Waals surface area (Å²) >= 11 is 1.62. The Morgan fingerprint density at radius 1 is 1.07 bits per heavy atom. The van der Waals surface area contributed by atoms with Crippen molar-refractivity contribution in [1.29, 1.82) is 0 Å². The van der Waals surface area contributed by atoms with Gasteiger partial charge >= 0.3 is 0 Å². The number of imidazole rings is 1. The number of nitrogens with one attached hydrogen (secondary N) is 2. The molecule has 0 bridgehead atoms. The van der Waals surface area contributed by atoms with Crippen LogP contribution in [0.3, 0.4) is 0 Å². The molecule has 27 heavy (non-hydrogen) atoms. The van der Waals surface area contributed by atoms with Gasteiger partial charge in [0, 0.05) is 35.9 Å². The number of nitrogens with zero attached hydrogens (tertiary/aromatic N) is 2. The summed E-state index contributed by atoms with van der Waals surface area (Å²) in [7, 11) is 0. The molecule has 2 aromatic carbocycles. The highest BCUT2D eigenvalue weighted by Crippen LogP contribution is 2.19. The van der Waals surface area contributed by atoms with Crippen molar-refractivity contribution < 1.29 is 9.59 Å². The second kappa shape index (κ2) is 8.55. The topological polar surface area (TPSA) is 76.0 Å². The SMILES string of the molecule is CSc1cccc(NC(=O)c2cn(Cc3ccc(NC(C)=O)cc3)cn2)c1. The molecule has 0 aliphatic rings. The van der Waals surface area contributed by atoms with Crippen LogP contribution in [-0.2, 0) is 11.3 Å². The van der Waals surface area contributed by atoms with Gasteiger partial charge in [0.2, 0.25) is 5.91 Å². The van der Waals surface area contributed by atoms with E-state index in [1.54, 1.807) is 24.3 Å². The van der Waals surface area contributed by atoms with Gasteiger partial charge in [-0.3, -0.25) is 9.59 Å². The second-order valence-corrected chi connectivity index (χ2v) is 6.88. The minimum Gasteiger partial charge on any atom is -0.332 e. The summed E-state index contributed by atoms with van der Waals surface area (Å²) in [5.41, 5.74) is 2.90. The van der Waals surface area contributed by atoms with Crippen molar-refractivity contribution in [2.24, 2.45) is 0 Å². The van der Waals surface area contributed by atoms with Gasteiger partial charge in [0.25, 0.3) is 5.91 Å². The minimum absolute atomic E-state index is 0.101. The average Bonchev–Trinajstić information content (AvgIpc) is 3.12. The Hall–Kier alpha value is -3.06. The van der Waals surface area contributed by atoms with Gasteiger partial charge in [-0.15, -0.1) is 11.8 Å². The maximum absolute atomic E-state index is 12.4. The summed E-state index contributed by atoms with van der Waals surface area (Å²) in [5.74, 6) is -0.343. The lowest BCUT2D eigenvalue weighted by Crippen LogP contribution is -2.12. The molecular formula is C20H20N4O2S. The molecule has 1 aromatic heterocycles. The number of hydrogen-bond donors (Lipinski definition) is 2. The lowest BCUT2D eigenvalue weighted by molar-refractivity contribution is -0.114. The molecule has 0 fully saturated rings. The monoisotopic (exact) mass is 380 g/mol. The van der Waals surface area contributed by atoms with Crippen LogP contribution in [0.25, 0.3) is 0 Å². The van der Waals surface area contributed by atoms with Crippen LogP contribution in [0.5, 0.6) is 0 Å². The number of carbonyl (C=O) groups excluding carboxylic acids is 2. The summed E-state index contributed by atoms with van der Waals surface area (Å²) in [5, 5.41) is 5.60. The number of benzene rings is 2. The third-order valence-electron chi connectivity index (χ3n) is 3.83. The van der Waals surface area contributed by atoms with E-state index in [1.165, 1.54) is 6.92 Å². The smallest absolute Gasteiger partial charge is 0.275 e. The Balaban J connectivity index is 1.63. The van der Waals surface area contributed by atoms with E-state index < -0.39 is 0 Å². The van der Waals surface area contributed by atoms with Gasteiger partial charge in [0.1, 0.15) is 5.69 Å². The molecular weight excluding hydrogens is 360 g/mol. The Labute approximate surface area is 162 Å². The van der Waals surface area contributed by atoms with Crippen molar-refractivity contribution >= 4 is 35.0 Å². The van der Waals surface area contributed by atoms with Crippen LogP contribution in [-0.4, -0.2) is 27.6 Å². The van der Waals surface area contributed by atoms with Gasteiger partial charge < -0.3 is 15.2 Å². The number of rotatable bonds is 6. The van der Waals surface area contributed by atoms with Crippen LogP contribution in [0.1, 0.15) is 23.0 Å². The Kier molecular flexibility index (Phi) is 5.93. The van der Waals surface area contributed by atoms with Gasteiger partial charge in [-0.05, 0) is 42.2 Å². The number of aromatic nitrogens is 2. The maximum Gasteiger partial charge on any atom is 0.275 e. The molecule has 0 saturated carbocycles. The van der Waals surface area contributed by atoms with Crippen molar-refractivity contribution in [3.05, 3.63) is 72.3 Å². The van der Waals surface area contributed by atoms with E-state index in [1.807, 2.05) is 59.4 Å².